The van der Waals surface area contributed by atoms with Crippen LogP contribution in [0.25, 0.3) is 0 Å². The number of amides is 2. The van der Waals surface area contributed by atoms with Crippen molar-refractivity contribution in [3.63, 3.8) is 0 Å². The molecule has 0 aliphatic carbocycles. The molecule has 0 radical (unpaired) electrons. The SMILES string of the molecule is CC[C@@H](C)c1cc(C(=O)N[C@H](Cc2ccccc2)C(N)=O)on1. The summed E-state index contributed by atoms with van der Waals surface area (Å²) in [5.41, 5.74) is 7.02. The first kappa shape index (κ1) is 16.7. The van der Waals surface area contributed by atoms with Gasteiger partial charge in [0.15, 0.2) is 0 Å². The molecule has 0 spiro atoms. The minimum Gasteiger partial charge on any atom is -0.368 e. The van der Waals surface area contributed by atoms with Crippen molar-refractivity contribution < 1.29 is 14.1 Å². The van der Waals surface area contributed by atoms with E-state index in [1.54, 1.807) is 6.07 Å². The lowest BCUT2D eigenvalue weighted by Crippen LogP contribution is -2.45. The Labute approximate surface area is 135 Å². The molecule has 122 valence electrons. The van der Waals surface area contributed by atoms with Crippen molar-refractivity contribution in [2.45, 2.75) is 38.6 Å². The van der Waals surface area contributed by atoms with Crippen LogP contribution in [0.3, 0.4) is 0 Å². The maximum absolute atomic E-state index is 12.2. The zero-order chi connectivity index (χ0) is 16.8. The monoisotopic (exact) mass is 315 g/mol. The van der Waals surface area contributed by atoms with E-state index < -0.39 is 17.9 Å². The Morgan fingerprint density at radius 2 is 2.00 bits per heavy atom. The first-order valence-electron chi connectivity index (χ1n) is 7.62. The highest BCUT2D eigenvalue weighted by Gasteiger charge is 2.22. The van der Waals surface area contributed by atoms with Crippen molar-refractivity contribution >= 4 is 11.8 Å². The summed E-state index contributed by atoms with van der Waals surface area (Å²) in [7, 11) is 0. The number of hydrogen-bond donors (Lipinski definition) is 2. The van der Waals surface area contributed by atoms with E-state index in [4.69, 9.17) is 10.3 Å². The van der Waals surface area contributed by atoms with Crippen LogP contribution in [0.1, 0.15) is 48.0 Å². The van der Waals surface area contributed by atoms with E-state index in [-0.39, 0.29) is 11.7 Å². The van der Waals surface area contributed by atoms with E-state index in [1.165, 1.54) is 0 Å². The Balaban J connectivity index is 2.06. The van der Waals surface area contributed by atoms with E-state index in [0.29, 0.717) is 6.42 Å². The van der Waals surface area contributed by atoms with Gasteiger partial charge in [0.25, 0.3) is 5.91 Å². The zero-order valence-electron chi connectivity index (χ0n) is 13.3. The van der Waals surface area contributed by atoms with Crippen LogP contribution < -0.4 is 11.1 Å². The van der Waals surface area contributed by atoms with Gasteiger partial charge in [-0.3, -0.25) is 9.59 Å². The molecule has 2 atom stereocenters. The van der Waals surface area contributed by atoms with Gasteiger partial charge in [-0.2, -0.15) is 0 Å². The van der Waals surface area contributed by atoms with Gasteiger partial charge < -0.3 is 15.6 Å². The Hall–Kier alpha value is -2.63. The van der Waals surface area contributed by atoms with Crippen molar-refractivity contribution in [2.75, 3.05) is 0 Å². The second-order valence-electron chi connectivity index (χ2n) is 5.54. The van der Waals surface area contributed by atoms with Crippen molar-refractivity contribution in [3.8, 4) is 0 Å². The van der Waals surface area contributed by atoms with Crippen molar-refractivity contribution in [1.29, 1.82) is 0 Å². The zero-order valence-corrected chi connectivity index (χ0v) is 13.3. The number of nitrogens with one attached hydrogen (secondary N) is 1. The van der Waals surface area contributed by atoms with Crippen molar-refractivity contribution in [3.05, 3.63) is 53.4 Å². The summed E-state index contributed by atoms with van der Waals surface area (Å²) in [6.45, 7) is 4.03. The lowest BCUT2D eigenvalue weighted by atomic mass is 10.0. The molecule has 0 unspecified atom stereocenters. The van der Waals surface area contributed by atoms with Gasteiger partial charge in [0.05, 0.1) is 5.69 Å². The molecular formula is C17H21N3O3. The Bertz CT molecular complexity index is 667. The van der Waals surface area contributed by atoms with Crippen LogP contribution >= 0.6 is 0 Å². The second-order valence-corrected chi connectivity index (χ2v) is 5.54. The molecule has 2 amide bonds. The Morgan fingerprint density at radius 3 is 2.61 bits per heavy atom. The molecule has 0 aliphatic rings. The van der Waals surface area contributed by atoms with Gasteiger partial charge in [0.1, 0.15) is 6.04 Å². The number of carbonyl (C=O) groups excluding carboxylic acids is 2. The molecule has 0 bridgehead atoms. The van der Waals surface area contributed by atoms with Crippen LogP contribution in [0.5, 0.6) is 0 Å². The molecule has 1 aromatic heterocycles. The topological polar surface area (TPSA) is 98.2 Å². The van der Waals surface area contributed by atoms with Crippen molar-refractivity contribution in [2.24, 2.45) is 5.73 Å². The molecule has 23 heavy (non-hydrogen) atoms. The molecular weight excluding hydrogens is 294 g/mol. The summed E-state index contributed by atoms with van der Waals surface area (Å²) in [5, 5.41) is 6.50. The molecule has 2 rings (SSSR count). The van der Waals surface area contributed by atoms with Crippen LogP contribution in [0.15, 0.2) is 40.9 Å². The Kier molecular flexibility index (Phi) is 5.51. The molecule has 0 fully saturated rings. The van der Waals surface area contributed by atoms with E-state index in [2.05, 4.69) is 10.5 Å². The molecule has 1 aromatic carbocycles. The largest absolute Gasteiger partial charge is 0.368 e. The fourth-order valence-electron chi connectivity index (χ4n) is 2.14. The van der Waals surface area contributed by atoms with E-state index in [0.717, 1.165) is 17.7 Å². The number of nitrogens with two attached hydrogens (primary N) is 1. The normalized spacial score (nSPS) is 13.3. The number of nitrogens with zero attached hydrogens (tertiary/aromatic N) is 1. The molecule has 6 nitrogen and oxygen atoms in total. The third-order valence-electron chi connectivity index (χ3n) is 3.80. The highest BCUT2D eigenvalue weighted by molar-refractivity contribution is 5.95. The first-order valence-corrected chi connectivity index (χ1v) is 7.62. The van der Waals surface area contributed by atoms with Crippen LogP contribution in [-0.4, -0.2) is 23.0 Å². The minimum atomic E-state index is -0.804. The smallest absolute Gasteiger partial charge is 0.290 e. The fourth-order valence-corrected chi connectivity index (χ4v) is 2.14. The lowest BCUT2D eigenvalue weighted by Gasteiger charge is -2.14. The third kappa shape index (κ3) is 4.42. The Morgan fingerprint density at radius 1 is 1.30 bits per heavy atom. The summed E-state index contributed by atoms with van der Waals surface area (Å²) < 4.78 is 5.07. The lowest BCUT2D eigenvalue weighted by molar-refractivity contribution is -0.119. The second kappa shape index (κ2) is 7.58. The van der Waals surface area contributed by atoms with Crippen LogP contribution in [-0.2, 0) is 11.2 Å². The minimum absolute atomic E-state index is 0.0830. The van der Waals surface area contributed by atoms with E-state index in [1.807, 2.05) is 44.2 Å². The number of primary amides is 1. The average molecular weight is 315 g/mol. The number of aromatic nitrogens is 1. The van der Waals surface area contributed by atoms with Crippen LogP contribution in [0.4, 0.5) is 0 Å². The maximum Gasteiger partial charge on any atom is 0.290 e. The number of benzene rings is 1. The molecule has 0 saturated carbocycles. The molecule has 3 N–H and O–H groups in total. The van der Waals surface area contributed by atoms with Gasteiger partial charge in [-0.05, 0) is 12.0 Å². The summed E-state index contributed by atoms with van der Waals surface area (Å²) in [5.74, 6) is -0.799. The number of carbonyl (C=O) groups is 2. The standard InChI is InChI=1S/C17H21N3O3/c1-3-11(2)13-10-15(23-20-13)17(22)19-14(16(18)21)9-12-7-5-4-6-8-12/h4-8,10-11,14H,3,9H2,1-2H3,(H2,18,21)(H,19,22)/t11-,14-/m1/s1. The number of rotatable bonds is 7. The van der Waals surface area contributed by atoms with Gasteiger partial charge >= 0.3 is 0 Å². The first-order chi connectivity index (χ1) is 11.0. The molecule has 6 heteroatoms. The van der Waals surface area contributed by atoms with E-state index in [9.17, 15) is 9.59 Å². The summed E-state index contributed by atoms with van der Waals surface area (Å²) in [4.78, 5) is 23.8. The van der Waals surface area contributed by atoms with E-state index >= 15 is 0 Å². The molecule has 0 saturated heterocycles. The van der Waals surface area contributed by atoms with Gasteiger partial charge in [-0.1, -0.05) is 49.3 Å². The summed E-state index contributed by atoms with van der Waals surface area (Å²) in [6, 6.07) is 10.2. The molecule has 1 heterocycles. The van der Waals surface area contributed by atoms with Gasteiger partial charge in [-0.25, -0.2) is 0 Å². The predicted molar refractivity (Wildman–Crippen MR) is 85.8 cm³/mol. The van der Waals surface area contributed by atoms with Gasteiger partial charge in [0, 0.05) is 18.4 Å². The van der Waals surface area contributed by atoms with Crippen LogP contribution in [0, 0.1) is 0 Å². The highest BCUT2D eigenvalue weighted by atomic mass is 16.5. The summed E-state index contributed by atoms with van der Waals surface area (Å²) >= 11 is 0. The van der Waals surface area contributed by atoms with Gasteiger partial charge in [0.2, 0.25) is 11.7 Å². The summed E-state index contributed by atoms with van der Waals surface area (Å²) in [6.07, 6.45) is 1.22. The average Bonchev–Trinajstić information content (AvgIpc) is 3.04. The quantitative estimate of drug-likeness (QED) is 0.816. The molecule has 2 aromatic rings. The highest BCUT2D eigenvalue weighted by Crippen LogP contribution is 2.18. The number of hydrogen-bond acceptors (Lipinski definition) is 4. The third-order valence-corrected chi connectivity index (χ3v) is 3.80. The van der Waals surface area contributed by atoms with Crippen molar-refractivity contribution in [1.82, 2.24) is 10.5 Å². The molecule has 0 aliphatic heterocycles. The van der Waals surface area contributed by atoms with Crippen LogP contribution in [0.2, 0.25) is 0 Å². The fraction of sp³-hybridized carbons (Fsp3) is 0.353. The predicted octanol–water partition coefficient (Wildman–Crippen LogP) is 2.01. The van der Waals surface area contributed by atoms with Gasteiger partial charge in [-0.15, -0.1) is 0 Å². The maximum atomic E-state index is 12.2.